The number of amidine groups is 1. The first kappa shape index (κ1) is 25.7. The number of anilines is 1. The van der Waals surface area contributed by atoms with Crippen LogP contribution >= 0.6 is 0 Å². The van der Waals surface area contributed by atoms with Crippen molar-refractivity contribution in [2.75, 3.05) is 59.0 Å². The molecule has 3 rings (SSSR count). The third-order valence-electron chi connectivity index (χ3n) is 6.30. The average Bonchev–Trinajstić information content (AvgIpc) is 2.81. The summed E-state index contributed by atoms with van der Waals surface area (Å²) in [5.74, 6) is 1.13. The van der Waals surface area contributed by atoms with Crippen molar-refractivity contribution in [3.63, 3.8) is 0 Å². The number of methoxy groups -OCH3 is 2. The predicted octanol–water partition coefficient (Wildman–Crippen LogP) is 4.37. The fraction of sp³-hybridized carbons (Fsp3) is 0.444. The van der Waals surface area contributed by atoms with Gasteiger partial charge in [0.1, 0.15) is 23.9 Å². The number of phenolic OH excluding ortho intramolecular Hbond substituents is 1. The minimum absolute atomic E-state index is 0.0631. The largest absolute Gasteiger partial charge is 0.507 e. The summed E-state index contributed by atoms with van der Waals surface area (Å²) in [6.07, 6.45) is 0. The third-order valence-corrected chi connectivity index (χ3v) is 6.30. The van der Waals surface area contributed by atoms with Gasteiger partial charge in [0.2, 0.25) is 0 Å². The van der Waals surface area contributed by atoms with Crippen LogP contribution in [0.3, 0.4) is 0 Å². The van der Waals surface area contributed by atoms with Gasteiger partial charge < -0.3 is 19.5 Å². The van der Waals surface area contributed by atoms with Gasteiger partial charge in [0, 0.05) is 57.2 Å². The molecule has 184 valence electrons. The molecule has 1 aliphatic rings. The van der Waals surface area contributed by atoms with E-state index >= 15 is 0 Å². The summed E-state index contributed by atoms with van der Waals surface area (Å²) in [5, 5.41) is 19.4. The van der Waals surface area contributed by atoms with Crippen LogP contribution in [-0.4, -0.2) is 74.8 Å². The first-order valence-corrected chi connectivity index (χ1v) is 11.7. The maximum Gasteiger partial charge on any atom is 0.131 e. The van der Waals surface area contributed by atoms with Crippen molar-refractivity contribution < 1.29 is 14.6 Å². The number of likely N-dealkylation sites (N-methyl/N-ethyl adjacent to an activating group) is 1. The number of aromatic hydroxyl groups is 1. The molecule has 1 aliphatic heterocycles. The number of nitrogens with one attached hydrogen (secondary N) is 1. The van der Waals surface area contributed by atoms with Crippen LogP contribution in [0.15, 0.2) is 43.0 Å². The first-order valence-electron chi connectivity index (χ1n) is 11.7. The van der Waals surface area contributed by atoms with Crippen LogP contribution < -0.4 is 9.64 Å². The van der Waals surface area contributed by atoms with Crippen LogP contribution in [0.25, 0.3) is 5.70 Å². The van der Waals surface area contributed by atoms with Crippen molar-refractivity contribution in [2.45, 2.75) is 26.3 Å². The second-order valence-corrected chi connectivity index (χ2v) is 9.17. The highest BCUT2D eigenvalue weighted by Gasteiger charge is 2.22. The fourth-order valence-electron chi connectivity index (χ4n) is 4.26. The highest BCUT2D eigenvalue weighted by atomic mass is 16.5. The summed E-state index contributed by atoms with van der Waals surface area (Å²) in [4.78, 5) is 6.54. The van der Waals surface area contributed by atoms with E-state index in [9.17, 15) is 5.11 Å². The van der Waals surface area contributed by atoms with E-state index in [4.69, 9.17) is 14.9 Å². The molecule has 2 N–H and O–H groups in total. The van der Waals surface area contributed by atoms with E-state index in [1.807, 2.05) is 18.2 Å². The van der Waals surface area contributed by atoms with Gasteiger partial charge in [-0.25, -0.2) is 0 Å². The molecule has 34 heavy (non-hydrogen) atoms. The molecular weight excluding hydrogens is 428 g/mol. The van der Waals surface area contributed by atoms with Gasteiger partial charge in [0.05, 0.1) is 12.8 Å². The highest BCUT2D eigenvalue weighted by molar-refractivity contribution is 6.08. The monoisotopic (exact) mass is 466 g/mol. The Kier molecular flexibility index (Phi) is 8.72. The third kappa shape index (κ3) is 5.97. The zero-order valence-corrected chi connectivity index (χ0v) is 21.1. The normalized spacial score (nSPS) is 14.9. The van der Waals surface area contributed by atoms with Crippen LogP contribution in [0.5, 0.6) is 11.5 Å². The zero-order chi connectivity index (χ0) is 24.8. The van der Waals surface area contributed by atoms with Crippen molar-refractivity contribution in [1.29, 1.82) is 5.41 Å². The number of rotatable bonds is 9. The van der Waals surface area contributed by atoms with Gasteiger partial charge in [-0.1, -0.05) is 32.6 Å². The van der Waals surface area contributed by atoms with Gasteiger partial charge in [-0.2, -0.15) is 0 Å². The molecule has 1 fully saturated rings. The molecule has 0 atom stereocenters. The van der Waals surface area contributed by atoms with Crippen molar-refractivity contribution in [3.8, 4) is 11.5 Å². The Morgan fingerprint density at radius 2 is 1.76 bits per heavy atom. The van der Waals surface area contributed by atoms with Gasteiger partial charge in [-0.3, -0.25) is 15.2 Å². The van der Waals surface area contributed by atoms with Crippen LogP contribution in [0.4, 0.5) is 5.69 Å². The van der Waals surface area contributed by atoms with Crippen molar-refractivity contribution in [2.24, 2.45) is 0 Å². The Hall–Kier alpha value is -2.87. The lowest BCUT2D eigenvalue weighted by molar-refractivity contribution is 0.148. The number of ether oxygens (including phenoxy) is 2. The van der Waals surface area contributed by atoms with Gasteiger partial charge in [0.25, 0.3) is 0 Å². The number of hydrogen-bond acceptors (Lipinski definition) is 6. The van der Waals surface area contributed by atoms with E-state index in [0.29, 0.717) is 17.0 Å². The number of nitrogens with zero attached hydrogens (tertiary/aromatic N) is 3. The van der Waals surface area contributed by atoms with Gasteiger partial charge in [-0.05, 0) is 42.3 Å². The molecule has 0 amide bonds. The maximum atomic E-state index is 10.8. The summed E-state index contributed by atoms with van der Waals surface area (Å²) in [7, 11) is 5.32. The van der Waals surface area contributed by atoms with Gasteiger partial charge >= 0.3 is 0 Å². The summed E-state index contributed by atoms with van der Waals surface area (Å²) in [6, 6.07) is 11.7. The Morgan fingerprint density at radius 1 is 1.12 bits per heavy atom. The van der Waals surface area contributed by atoms with E-state index in [1.165, 1.54) is 5.56 Å². The molecule has 0 saturated carbocycles. The van der Waals surface area contributed by atoms with Crippen molar-refractivity contribution >= 4 is 17.2 Å². The molecule has 0 bridgehead atoms. The minimum atomic E-state index is 0.0631. The number of hydrogen-bond donors (Lipinski definition) is 2. The predicted molar refractivity (Wildman–Crippen MR) is 139 cm³/mol. The van der Waals surface area contributed by atoms with E-state index in [1.54, 1.807) is 25.2 Å². The average molecular weight is 467 g/mol. The Labute approximate surface area is 203 Å². The molecule has 1 saturated heterocycles. The van der Waals surface area contributed by atoms with Crippen molar-refractivity contribution in [1.82, 2.24) is 9.80 Å². The van der Waals surface area contributed by atoms with E-state index in [0.717, 1.165) is 44.0 Å². The molecule has 0 unspecified atom stereocenters. The zero-order valence-electron chi connectivity index (χ0n) is 21.1. The molecule has 7 heteroatoms. The van der Waals surface area contributed by atoms with Gasteiger partial charge in [-0.15, -0.1) is 0 Å². The molecule has 1 heterocycles. The lowest BCUT2D eigenvalue weighted by atomic mass is 9.97. The summed E-state index contributed by atoms with van der Waals surface area (Å²) in [5.41, 5.74) is 4.07. The Bertz CT molecular complexity index is 996. The molecule has 0 aromatic heterocycles. The number of benzene rings is 2. The maximum absolute atomic E-state index is 10.8. The molecular formula is C27H38N4O3. The fourth-order valence-corrected chi connectivity index (χ4v) is 4.26. The lowest BCUT2D eigenvalue weighted by Gasteiger charge is -2.32. The number of phenols is 1. The molecule has 2 aromatic rings. The van der Waals surface area contributed by atoms with Crippen LogP contribution in [0.2, 0.25) is 0 Å². The second kappa shape index (κ2) is 11.5. The summed E-state index contributed by atoms with van der Waals surface area (Å²) < 4.78 is 10.7. The Balaban J connectivity index is 1.89. The highest BCUT2D eigenvalue weighted by Crippen LogP contribution is 2.38. The second-order valence-electron chi connectivity index (χ2n) is 9.17. The topological polar surface area (TPSA) is 72.3 Å². The van der Waals surface area contributed by atoms with Gasteiger partial charge in [0.15, 0.2) is 0 Å². The Morgan fingerprint density at radius 3 is 2.32 bits per heavy atom. The first-order chi connectivity index (χ1) is 16.2. The minimum Gasteiger partial charge on any atom is -0.507 e. The van der Waals surface area contributed by atoms with Crippen LogP contribution in [0.1, 0.15) is 36.5 Å². The quantitative estimate of drug-likeness (QED) is 0.422. The van der Waals surface area contributed by atoms with Crippen LogP contribution in [0, 0.1) is 5.41 Å². The molecule has 0 spiro atoms. The smallest absolute Gasteiger partial charge is 0.131 e. The molecule has 2 aromatic carbocycles. The summed E-state index contributed by atoms with van der Waals surface area (Å²) in [6.45, 7) is 13.7. The lowest BCUT2D eigenvalue weighted by Crippen LogP contribution is -2.43. The van der Waals surface area contributed by atoms with Crippen molar-refractivity contribution in [3.05, 3.63) is 59.7 Å². The SMILES string of the molecule is C=C(c1cc(C(C)C)c(OC)cc1O)N(C(=N)COC)c1ccc(CN2CCN(C)CC2)cc1. The van der Waals surface area contributed by atoms with E-state index in [-0.39, 0.29) is 24.1 Å². The molecule has 0 aliphatic carbocycles. The van der Waals surface area contributed by atoms with E-state index < -0.39 is 0 Å². The van der Waals surface area contributed by atoms with E-state index in [2.05, 4.69) is 49.4 Å². The molecule has 7 nitrogen and oxygen atoms in total. The van der Waals surface area contributed by atoms with Crippen LogP contribution in [-0.2, 0) is 11.3 Å². The summed E-state index contributed by atoms with van der Waals surface area (Å²) >= 11 is 0. The standard InChI is InChI=1S/C27H38N4O3/c1-19(2)23-15-24(25(32)16-26(23)34-6)20(3)31(27(28)18-33-5)22-9-7-21(8-10-22)17-30-13-11-29(4)12-14-30/h7-10,15-16,19,28,32H,3,11-14,17-18H2,1-2,4-6H3. The molecule has 0 radical (unpaired) electrons. The number of piperazine rings is 1.